The van der Waals surface area contributed by atoms with Gasteiger partial charge >= 0.3 is 5.97 Å². The molecule has 0 fully saturated rings. The molecule has 1 aromatic rings. The van der Waals surface area contributed by atoms with Gasteiger partial charge in [0.1, 0.15) is 11.6 Å². The van der Waals surface area contributed by atoms with Crippen LogP contribution in [0.25, 0.3) is 0 Å². The molecule has 0 saturated carbocycles. The van der Waals surface area contributed by atoms with Crippen LogP contribution < -0.4 is 5.73 Å². The van der Waals surface area contributed by atoms with E-state index in [-0.39, 0.29) is 17.2 Å². The van der Waals surface area contributed by atoms with Crippen LogP contribution in [-0.2, 0) is 14.3 Å². The average molecular weight is 302 g/mol. The molecular formula is C16H18N2O4. The lowest BCUT2D eigenvalue weighted by molar-refractivity contribution is -0.132. The van der Waals surface area contributed by atoms with Gasteiger partial charge in [0.05, 0.1) is 18.6 Å². The van der Waals surface area contributed by atoms with Crippen LogP contribution in [0, 0.1) is 5.41 Å². The summed E-state index contributed by atoms with van der Waals surface area (Å²) >= 11 is 0. The molecule has 6 heteroatoms. The third-order valence-electron chi connectivity index (χ3n) is 3.80. The lowest BCUT2D eigenvalue weighted by Crippen LogP contribution is -2.50. The highest BCUT2D eigenvalue weighted by atomic mass is 16.5. The average Bonchev–Trinajstić information content (AvgIpc) is 2.53. The fraction of sp³-hybridized carbons (Fsp3) is 0.250. The third kappa shape index (κ3) is 2.37. The van der Waals surface area contributed by atoms with Crippen LogP contribution in [0.5, 0.6) is 0 Å². The second kappa shape index (κ2) is 6.03. The first-order chi connectivity index (χ1) is 10.5. The number of hydrogen-bond acceptors (Lipinski definition) is 4. The monoisotopic (exact) mass is 302 g/mol. The Morgan fingerprint density at radius 1 is 1.32 bits per heavy atom. The Morgan fingerprint density at radius 2 is 1.95 bits per heavy atom. The Bertz CT molecular complexity index is 651. The fourth-order valence-electron chi connectivity index (χ4n) is 2.73. The van der Waals surface area contributed by atoms with E-state index in [4.69, 9.17) is 20.6 Å². The molecule has 0 aliphatic heterocycles. The molecule has 0 heterocycles. The molecule has 0 bridgehead atoms. The maximum Gasteiger partial charge on any atom is 0.339 e. The van der Waals surface area contributed by atoms with Crippen molar-refractivity contribution in [1.29, 1.82) is 5.41 Å². The molecule has 6 nitrogen and oxygen atoms in total. The summed E-state index contributed by atoms with van der Waals surface area (Å²) in [5, 5.41) is 17.3. The van der Waals surface area contributed by atoms with Crippen LogP contribution in [0.2, 0.25) is 0 Å². The Hall–Kier alpha value is -2.60. The number of nitrogens with two attached hydrogens (primary N) is 1. The summed E-state index contributed by atoms with van der Waals surface area (Å²) in [4.78, 5) is 11.5. The Morgan fingerprint density at radius 3 is 2.41 bits per heavy atom. The maximum absolute atomic E-state index is 11.5. The van der Waals surface area contributed by atoms with Crippen LogP contribution in [0.4, 0.5) is 0 Å². The van der Waals surface area contributed by atoms with Crippen molar-refractivity contribution in [2.75, 3.05) is 14.2 Å². The van der Waals surface area contributed by atoms with Crippen LogP contribution in [0.15, 0.2) is 53.8 Å². The lowest BCUT2D eigenvalue weighted by atomic mass is 9.75. The van der Waals surface area contributed by atoms with Crippen molar-refractivity contribution in [1.82, 2.24) is 0 Å². The highest BCUT2D eigenvalue weighted by Gasteiger charge is 2.47. The molecule has 0 spiro atoms. The van der Waals surface area contributed by atoms with Gasteiger partial charge in [0, 0.05) is 7.11 Å². The summed E-state index contributed by atoms with van der Waals surface area (Å²) in [6, 6.07) is 9.13. The maximum atomic E-state index is 11.5. The van der Waals surface area contributed by atoms with E-state index in [0.29, 0.717) is 0 Å². The van der Waals surface area contributed by atoms with Gasteiger partial charge in [-0.25, -0.2) is 4.79 Å². The molecule has 2 atom stereocenters. The number of rotatable bonds is 5. The van der Waals surface area contributed by atoms with Crippen molar-refractivity contribution in [3.8, 4) is 0 Å². The first-order valence-corrected chi connectivity index (χ1v) is 6.63. The molecule has 2 rings (SSSR count). The van der Waals surface area contributed by atoms with Gasteiger partial charge in [-0.3, -0.25) is 5.41 Å². The quantitative estimate of drug-likeness (QED) is 0.566. The zero-order chi connectivity index (χ0) is 16.3. The normalized spacial score (nSPS) is 24.2. The predicted molar refractivity (Wildman–Crippen MR) is 81.6 cm³/mol. The number of ether oxygens (including phenoxy) is 2. The fourth-order valence-corrected chi connectivity index (χ4v) is 2.73. The van der Waals surface area contributed by atoms with E-state index in [0.717, 1.165) is 5.56 Å². The highest BCUT2D eigenvalue weighted by molar-refractivity contribution is 5.96. The Labute approximate surface area is 128 Å². The summed E-state index contributed by atoms with van der Waals surface area (Å²) in [5.41, 5.74) is 5.24. The summed E-state index contributed by atoms with van der Waals surface area (Å²) in [6.07, 6.45) is 2.87. The first kappa shape index (κ1) is 15.8. The second-order valence-electron chi connectivity index (χ2n) is 4.88. The van der Waals surface area contributed by atoms with Gasteiger partial charge < -0.3 is 20.3 Å². The van der Waals surface area contributed by atoms with Gasteiger partial charge in [-0.15, -0.1) is 0 Å². The van der Waals surface area contributed by atoms with E-state index in [9.17, 15) is 9.90 Å². The van der Waals surface area contributed by atoms with Crippen molar-refractivity contribution in [3.05, 3.63) is 59.4 Å². The summed E-state index contributed by atoms with van der Waals surface area (Å²) in [5.74, 6) is -1.78. The lowest BCUT2D eigenvalue weighted by Gasteiger charge is -2.39. The minimum Gasteiger partial charge on any atom is -0.499 e. The Kier molecular flexibility index (Phi) is 4.32. The largest absolute Gasteiger partial charge is 0.499 e. The molecule has 116 valence electrons. The molecule has 0 aromatic heterocycles. The number of carboxylic acids is 1. The van der Waals surface area contributed by atoms with Crippen molar-refractivity contribution in [2.24, 2.45) is 5.73 Å². The minimum absolute atomic E-state index is 0.0188. The Balaban J connectivity index is 2.73. The third-order valence-corrected chi connectivity index (χ3v) is 3.80. The van der Waals surface area contributed by atoms with E-state index >= 15 is 0 Å². The molecule has 2 unspecified atom stereocenters. The summed E-state index contributed by atoms with van der Waals surface area (Å²) in [7, 11) is 2.83. The van der Waals surface area contributed by atoms with E-state index in [1.54, 1.807) is 0 Å². The van der Waals surface area contributed by atoms with E-state index in [1.165, 1.54) is 26.4 Å². The molecule has 1 aromatic carbocycles. The number of carboxylic acid groups (broad SMARTS) is 1. The standard InChI is InChI=1S/C16H18N2O4/c1-21-13-11(14(19)20)8-9-16(22-2,15(17)18)12(13)10-6-4-3-5-7-10/h3-9,12H,1-2H3,(H3,17,18)(H,19,20). The first-order valence-electron chi connectivity index (χ1n) is 6.63. The SMILES string of the molecule is COC1=C(C(=O)O)C=CC(OC)(C(=N)N)C1c1ccccc1. The molecule has 0 amide bonds. The summed E-state index contributed by atoms with van der Waals surface area (Å²) in [6.45, 7) is 0. The minimum atomic E-state index is -1.29. The van der Waals surface area contributed by atoms with Crippen molar-refractivity contribution in [2.45, 2.75) is 11.5 Å². The van der Waals surface area contributed by atoms with Gasteiger partial charge in [-0.05, 0) is 17.7 Å². The number of aliphatic carboxylic acids is 1. The van der Waals surface area contributed by atoms with Crippen molar-refractivity contribution >= 4 is 11.8 Å². The van der Waals surface area contributed by atoms with Gasteiger partial charge in [0.2, 0.25) is 0 Å². The van der Waals surface area contributed by atoms with Crippen LogP contribution >= 0.6 is 0 Å². The number of methoxy groups -OCH3 is 2. The number of benzene rings is 1. The van der Waals surface area contributed by atoms with E-state index in [2.05, 4.69) is 0 Å². The van der Waals surface area contributed by atoms with Crippen molar-refractivity contribution < 1.29 is 19.4 Å². The molecule has 1 aliphatic rings. The number of nitrogens with one attached hydrogen (secondary N) is 1. The molecule has 4 N–H and O–H groups in total. The number of hydrogen-bond donors (Lipinski definition) is 3. The van der Waals surface area contributed by atoms with Crippen LogP contribution in [0.3, 0.4) is 0 Å². The molecule has 0 saturated heterocycles. The number of amidine groups is 1. The summed E-state index contributed by atoms with van der Waals surface area (Å²) < 4.78 is 10.9. The predicted octanol–water partition coefficient (Wildman–Crippen LogP) is 1.65. The van der Waals surface area contributed by atoms with E-state index < -0.39 is 17.5 Å². The van der Waals surface area contributed by atoms with Gasteiger partial charge in [-0.1, -0.05) is 30.3 Å². The van der Waals surface area contributed by atoms with Gasteiger partial charge in [-0.2, -0.15) is 0 Å². The smallest absolute Gasteiger partial charge is 0.339 e. The van der Waals surface area contributed by atoms with Crippen molar-refractivity contribution in [3.63, 3.8) is 0 Å². The second-order valence-corrected chi connectivity index (χ2v) is 4.88. The van der Waals surface area contributed by atoms with Gasteiger partial charge in [0.25, 0.3) is 0 Å². The zero-order valence-electron chi connectivity index (χ0n) is 12.4. The molecule has 1 aliphatic carbocycles. The topological polar surface area (TPSA) is 106 Å². The highest BCUT2D eigenvalue weighted by Crippen LogP contribution is 2.43. The van der Waals surface area contributed by atoms with Crippen LogP contribution in [-0.4, -0.2) is 36.7 Å². The molecule has 22 heavy (non-hydrogen) atoms. The zero-order valence-corrected chi connectivity index (χ0v) is 12.4. The molecular weight excluding hydrogens is 284 g/mol. The number of carbonyl (C=O) groups is 1. The molecule has 0 radical (unpaired) electrons. The van der Waals surface area contributed by atoms with Gasteiger partial charge in [0.15, 0.2) is 5.60 Å². The van der Waals surface area contributed by atoms with Crippen LogP contribution in [0.1, 0.15) is 11.5 Å². The van der Waals surface area contributed by atoms with E-state index in [1.807, 2.05) is 30.3 Å².